The Hall–Kier alpha value is -0.560. The molecule has 0 saturated heterocycles. The zero-order valence-electron chi connectivity index (χ0n) is 9.85. The van der Waals surface area contributed by atoms with Crippen molar-refractivity contribution in [3.05, 3.63) is 23.3 Å². The molecule has 1 N–H and O–H groups in total. The third-order valence-corrected chi connectivity index (χ3v) is 3.63. The van der Waals surface area contributed by atoms with Gasteiger partial charge in [0.25, 0.3) is 0 Å². The van der Waals surface area contributed by atoms with E-state index in [1.54, 1.807) is 0 Å². The Bertz CT molecular complexity index is 271. The highest BCUT2D eigenvalue weighted by Crippen LogP contribution is 2.44. The van der Waals surface area contributed by atoms with E-state index in [2.05, 4.69) is 34.3 Å². The highest BCUT2D eigenvalue weighted by molar-refractivity contribution is 5.29. The number of allylic oxidation sites excluding steroid dienone is 2. The summed E-state index contributed by atoms with van der Waals surface area (Å²) in [5.41, 5.74) is 3.96. The fourth-order valence-corrected chi connectivity index (χ4v) is 2.57. The number of rotatable bonds is 2. The Morgan fingerprint density at radius 1 is 1.57 bits per heavy atom. The minimum absolute atomic E-state index is 0.171. The highest BCUT2D eigenvalue weighted by atomic mass is 16.3. The topological polar surface area (TPSA) is 20.2 Å². The predicted molar refractivity (Wildman–Crippen MR) is 61.1 cm³/mol. The Balaban J connectivity index is 3.09. The summed E-state index contributed by atoms with van der Waals surface area (Å²) in [6.45, 7) is 12.9. The summed E-state index contributed by atoms with van der Waals surface area (Å²) in [6.07, 6.45) is 2.33. The van der Waals surface area contributed by atoms with Crippen molar-refractivity contribution >= 4 is 0 Å². The first-order valence-electron chi connectivity index (χ1n) is 5.36. The van der Waals surface area contributed by atoms with Crippen LogP contribution in [-0.4, -0.2) is 11.7 Å². The van der Waals surface area contributed by atoms with Gasteiger partial charge in [0.05, 0.1) is 6.61 Å². The molecule has 0 aromatic rings. The molecule has 14 heavy (non-hydrogen) atoms. The van der Waals surface area contributed by atoms with Gasteiger partial charge in [-0.2, -0.15) is 0 Å². The van der Waals surface area contributed by atoms with Crippen LogP contribution >= 0.6 is 0 Å². The minimum atomic E-state index is 0.171. The summed E-state index contributed by atoms with van der Waals surface area (Å²) in [6, 6.07) is 0. The molecule has 1 heteroatoms. The van der Waals surface area contributed by atoms with E-state index in [-0.39, 0.29) is 12.0 Å². The lowest BCUT2D eigenvalue weighted by Gasteiger charge is -2.38. The van der Waals surface area contributed by atoms with Crippen molar-refractivity contribution in [2.24, 2.45) is 11.3 Å². The monoisotopic (exact) mass is 194 g/mol. The first kappa shape index (κ1) is 11.5. The Morgan fingerprint density at radius 2 is 2.14 bits per heavy atom. The van der Waals surface area contributed by atoms with Crippen LogP contribution in [0.3, 0.4) is 0 Å². The van der Waals surface area contributed by atoms with E-state index >= 15 is 0 Å². The van der Waals surface area contributed by atoms with Crippen molar-refractivity contribution < 1.29 is 5.11 Å². The number of hydrogen-bond acceptors (Lipinski definition) is 1. The maximum atomic E-state index is 9.41. The standard InChI is InChI=1S/C13H22O/c1-9(2)11-6-7-13(4,5)12(8-14)10(11)3/h11,14H,1,6-8H2,2-5H3. The van der Waals surface area contributed by atoms with Crippen LogP contribution < -0.4 is 0 Å². The molecule has 0 bridgehead atoms. The molecule has 0 heterocycles. The summed E-state index contributed by atoms with van der Waals surface area (Å²) >= 11 is 0. The zero-order valence-corrected chi connectivity index (χ0v) is 9.85. The predicted octanol–water partition coefficient (Wildman–Crippen LogP) is 3.31. The molecule has 0 amide bonds. The van der Waals surface area contributed by atoms with Gasteiger partial charge in [0.2, 0.25) is 0 Å². The maximum absolute atomic E-state index is 9.41. The van der Waals surface area contributed by atoms with E-state index in [4.69, 9.17) is 0 Å². The quantitative estimate of drug-likeness (QED) is 0.669. The molecule has 1 rings (SSSR count). The largest absolute Gasteiger partial charge is 0.392 e. The average molecular weight is 194 g/mol. The van der Waals surface area contributed by atoms with Gasteiger partial charge in [0.15, 0.2) is 0 Å². The maximum Gasteiger partial charge on any atom is 0.0649 e. The van der Waals surface area contributed by atoms with Gasteiger partial charge >= 0.3 is 0 Å². The molecule has 0 spiro atoms. The van der Waals surface area contributed by atoms with Gasteiger partial charge in [0.1, 0.15) is 0 Å². The van der Waals surface area contributed by atoms with E-state index < -0.39 is 0 Å². The third kappa shape index (κ3) is 1.93. The zero-order chi connectivity index (χ0) is 10.9. The van der Waals surface area contributed by atoms with E-state index in [1.807, 2.05) is 0 Å². The fourth-order valence-electron chi connectivity index (χ4n) is 2.57. The number of hydrogen-bond donors (Lipinski definition) is 1. The first-order valence-corrected chi connectivity index (χ1v) is 5.36. The lowest BCUT2D eigenvalue weighted by Crippen LogP contribution is -2.27. The molecule has 1 aliphatic carbocycles. The van der Waals surface area contributed by atoms with Crippen molar-refractivity contribution in [2.45, 2.75) is 40.5 Å². The lowest BCUT2D eigenvalue weighted by molar-refractivity contribution is 0.252. The van der Waals surface area contributed by atoms with Crippen molar-refractivity contribution in [3.63, 3.8) is 0 Å². The van der Waals surface area contributed by atoms with Crippen LogP contribution in [0.2, 0.25) is 0 Å². The minimum Gasteiger partial charge on any atom is -0.392 e. The molecule has 0 aromatic heterocycles. The van der Waals surface area contributed by atoms with Gasteiger partial charge in [-0.15, -0.1) is 0 Å². The van der Waals surface area contributed by atoms with Crippen LogP contribution in [0.15, 0.2) is 23.3 Å². The fraction of sp³-hybridized carbons (Fsp3) is 0.692. The Kier molecular flexibility index (Phi) is 3.20. The van der Waals surface area contributed by atoms with Crippen LogP contribution in [0, 0.1) is 11.3 Å². The number of aliphatic hydroxyl groups excluding tert-OH is 1. The normalized spacial score (nSPS) is 26.5. The van der Waals surface area contributed by atoms with Crippen LogP contribution in [0.4, 0.5) is 0 Å². The van der Waals surface area contributed by atoms with Crippen LogP contribution in [0.25, 0.3) is 0 Å². The third-order valence-electron chi connectivity index (χ3n) is 3.63. The van der Waals surface area contributed by atoms with Crippen molar-refractivity contribution in [3.8, 4) is 0 Å². The molecule has 80 valence electrons. The molecule has 1 nitrogen and oxygen atoms in total. The van der Waals surface area contributed by atoms with E-state index in [0.717, 1.165) is 6.42 Å². The second kappa shape index (κ2) is 3.90. The summed E-state index contributed by atoms with van der Waals surface area (Å²) in [5.74, 6) is 0.491. The smallest absolute Gasteiger partial charge is 0.0649 e. The van der Waals surface area contributed by atoms with Crippen LogP contribution in [0.5, 0.6) is 0 Å². The second-order valence-electron chi connectivity index (χ2n) is 5.14. The lowest BCUT2D eigenvalue weighted by atomic mass is 9.68. The summed E-state index contributed by atoms with van der Waals surface area (Å²) in [4.78, 5) is 0. The highest BCUT2D eigenvalue weighted by Gasteiger charge is 2.32. The Labute approximate surface area is 87.5 Å². The van der Waals surface area contributed by atoms with Crippen molar-refractivity contribution in [2.75, 3.05) is 6.61 Å². The molecular formula is C13H22O. The van der Waals surface area contributed by atoms with Crippen molar-refractivity contribution in [1.29, 1.82) is 0 Å². The summed E-state index contributed by atoms with van der Waals surface area (Å²) in [7, 11) is 0. The van der Waals surface area contributed by atoms with Crippen LogP contribution in [0.1, 0.15) is 40.5 Å². The molecule has 1 atom stereocenters. The first-order chi connectivity index (χ1) is 6.40. The van der Waals surface area contributed by atoms with Crippen LogP contribution in [-0.2, 0) is 0 Å². The Morgan fingerprint density at radius 3 is 2.57 bits per heavy atom. The van der Waals surface area contributed by atoms with Gasteiger partial charge in [-0.1, -0.05) is 31.6 Å². The molecule has 0 aliphatic heterocycles. The molecule has 0 aromatic carbocycles. The van der Waals surface area contributed by atoms with Gasteiger partial charge < -0.3 is 5.11 Å². The second-order valence-corrected chi connectivity index (χ2v) is 5.14. The molecule has 0 radical (unpaired) electrons. The SMILES string of the molecule is C=C(C)C1CCC(C)(C)C(CO)=C1C. The molecule has 1 unspecified atom stereocenters. The van der Waals surface area contributed by atoms with E-state index in [1.165, 1.54) is 23.1 Å². The van der Waals surface area contributed by atoms with E-state index in [9.17, 15) is 5.11 Å². The van der Waals surface area contributed by atoms with Gasteiger partial charge in [-0.05, 0) is 37.7 Å². The molecule has 1 aliphatic rings. The van der Waals surface area contributed by atoms with Gasteiger partial charge in [-0.25, -0.2) is 0 Å². The number of aliphatic hydroxyl groups is 1. The van der Waals surface area contributed by atoms with E-state index in [0.29, 0.717) is 5.92 Å². The summed E-state index contributed by atoms with van der Waals surface area (Å²) in [5, 5.41) is 9.41. The van der Waals surface area contributed by atoms with Crippen molar-refractivity contribution in [1.82, 2.24) is 0 Å². The molecule has 0 fully saturated rings. The van der Waals surface area contributed by atoms with Gasteiger partial charge in [-0.3, -0.25) is 0 Å². The van der Waals surface area contributed by atoms with Gasteiger partial charge in [0, 0.05) is 5.92 Å². The summed E-state index contributed by atoms with van der Waals surface area (Å²) < 4.78 is 0. The molecule has 0 saturated carbocycles. The average Bonchev–Trinajstić information content (AvgIpc) is 2.02. The molecular weight excluding hydrogens is 172 g/mol.